The number of hydrogen-bond acceptors (Lipinski definition) is 2. The fraction of sp³-hybridized carbons (Fsp3) is 0.375. The summed E-state index contributed by atoms with van der Waals surface area (Å²) in [5, 5.41) is 2.60. The molecule has 0 aliphatic heterocycles. The summed E-state index contributed by atoms with van der Waals surface area (Å²) in [4.78, 5) is 0. The number of rotatable bonds is 5. The molecular formula is C16H23ClN2. The second kappa shape index (κ2) is 7.49. The number of halogens is 1. The van der Waals surface area contributed by atoms with Gasteiger partial charge >= 0.3 is 0 Å². The fourth-order valence-corrected chi connectivity index (χ4v) is 2.46. The Morgan fingerprint density at radius 3 is 2.37 bits per heavy atom. The second-order valence-electron chi connectivity index (χ2n) is 4.91. The first-order valence-corrected chi connectivity index (χ1v) is 6.68. The van der Waals surface area contributed by atoms with Crippen molar-refractivity contribution in [2.75, 3.05) is 6.54 Å². The summed E-state index contributed by atoms with van der Waals surface area (Å²) in [6.07, 6.45) is 3.15. The highest BCUT2D eigenvalue weighted by molar-refractivity contribution is 5.88. The van der Waals surface area contributed by atoms with Crippen LogP contribution in [-0.4, -0.2) is 6.54 Å². The number of nitrogens with two attached hydrogens (primary N) is 2. The van der Waals surface area contributed by atoms with Gasteiger partial charge in [0.2, 0.25) is 0 Å². The molecule has 0 radical (unpaired) electrons. The predicted molar refractivity (Wildman–Crippen MR) is 85.8 cm³/mol. The number of benzene rings is 2. The molecule has 0 aliphatic rings. The van der Waals surface area contributed by atoms with E-state index in [0.717, 1.165) is 25.8 Å². The van der Waals surface area contributed by atoms with Crippen LogP contribution in [0.3, 0.4) is 0 Å². The smallest absolute Gasteiger partial charge is 0.0301 e. The van der Waals surface area contributed by atoms with Gasteiger partial charge < -0.3 is 11.5 Å². The van der Waals surface area contributed by atoms with E-state index < -0.39 is 0 Å². The van der Waals surface area contributed by atoms with Crippen LogP contribution >= 0.6 is 12.4 Å². The molecule has 0 bridgehead atoms. The Balaban J connectivity index is 0.00000180. The quantitative estimate of drug-likeness (QED) is 0.820. The Hall–Kier alpha value is -1.09. The Labute approximate surface area is 121 Å². The average molecular weight is 279 g/mol. The molecule has 0 fully saturated rings. The first-order valence-electron chi connectivity index (χ1n) is 6.68. The highest BCUT2D eigenvalue weighted by Crippen LogP contribution is 2.28. The molecule has 1 atom stereocenters. The van der Waals surface area contributed by atoms with Gasteiger partial charge in [0.1, 0.15) is 0 Å². The number of aryl methyl sites for hydroxylation is 1. The normalized spacial score (nSPS) is 12.2. The van der Waals surface area contributed by atoms with Crippen molar-refractivity contribution in [3.8, 4) is 0 Å². The number of fused-ring (bicyclic) bond motifs is 1. The molecule has 3 heteroatoms. The van der Waals surface area contributed by atoms with Crippen molar-refractivity contribution >= 4 is 23.2 Å². The molecule has 104 valence electrons. The first kappa shape index (κ1) is 16.0. The zero-order valence-electron chi connectivity index (χ0n) is 11.4. The summed E-state index contributed by atoms with van der Waals surface area (Å²) in [5.74, 6) is 0. The van der Waals surface area contributed by atoms with Crippen LogP contribution in [0.15, 0.2) is 36.4 Å². The Bertz CT molecular complexity index is 525. The summed E-state index contributed by atoms with van der Waals surface area (Å²) >= 11 is 0. The zero-order valence-corrected chi connectivity index (χ0v) is 12.2. The summed E-state index contributed by atoms with van der Waals surface area (Å²) < 4.78 is 0. The van der Waals surface area contributed by atoms with E-state index in [9.17, 15) is 0 Å². The van der Waals surface area contributed by atoms with Crippen molar-refractivity contribution in [3.05, 3.63) is 47.5 Å². The maximum absolute atomic E-state index is 6.31. The van der Waals surface area contributed by atoms with E-state index in [4.69, 9.17) is 11.5 Å². The van der Waals surface area contributed by atoms with Gasteiger partial charge in [-0.2, -0.15) is 0 Å². The highest BCUT2D eigenvalue weighted by atomic mass is 35.5. The molecule has 0 spiro atoms. The molecule has 0 heterocycles. The summed E-state index contributed by atoms with van der Waals surface area (Å²) in [6.45, 7) is 2.90. The molecule has 4 N–H and O–H groups in total. The molecule has 2 aromatic rings. The summed E-state index contributed by atoms with van der Waals surface area (Å²) in [7, 11) is 0. The van der Waals surface area contributed by atoms with Crippen molar-refractivity contribution < 1.29 is 0 Å². The Morgan fingerprint density at radius 2 is 1.68 bits per heavy atom. The molecular weight excluding hydrogens is 256 g/mol. The van der Waals surface area contributed by atoms with Gasteiger partial charge in [0.25, 0.3) is 0 Å². The molecule has 0 amide bonds. The summed E-state index contributed by atoms with van der Waals surface area (Å²) in [5.41, 5.74) is 14.4. The molecule has 19 heavy (non-hydrogen) atoms. The monoisotopic (exact) mass is 278 g/mol. The Kier molecular flexibility index (Phi) is 6.29. The molecule has 0 unspecified atom stereocenters. The zero-order chi connectivity index (χ0) is 13.0. The SMILES string of the molecule is Cc1ccc([C@@H](N)CCCCN)c2ccccc12.Cl. The first-order chi connectivity index (χ1) is 8.74. The van der Waals surface area contributed by atoms with E-state index in [1.54, 1.807) is 0 Å². The van der Waals surface area contributed by atoms with Crippen LogP contribution in [0.1, 0.15) is 36.4 Å². The van der Waals surface area contributed by atoms with E-state index in [1.807, 2.05) is 0 Å². The Morgan fingerprint density at radius 1 is 1.00 bits per heavy atom. The summed E-state index contributed by atoms with van der Waals surface area (Å²) in [6, 6.07) is 12.9. The van der Waals surface area contributed by atoms with Crippen LogP contribution in [0.25, 0.3) is 10.8 Å². The van der Waals surface area contributed by atoms with Crippen LogP contribution in [0.4, 0.5) is 0 Å². The molecule has 0 aliphatic carbocycles. The molecule has 0 aromatic heterocycles. The predicted octanol–water partition coefficient (Wildman–Crippen LogP) is 3.70. The van der Waals surface area contributed by atoms with Crippen molar-refractivity contribution in [2.45, 2.75) is 32.2 Å². The van der Waals surface area contributed by atoms with Crippen molar-refractivity contribution in [2.24, 2.45) is 11.5 Å². The standard InChI is InChI=1S/C16H22N2.ClH/c1-12-9-10-15(16(18)8-4-5-11-17)14-7-3-2-6-13(12)14;/h2-3,6-7,9-10,16H,4-5,8,11,17-18H2,1H3;1H/t16-;/m0./s1. The minimum atomic E-state index is 0. The molecule has 2 rings (SSSR count). The van der Waals surface area contributed by atoms with Gasteiger partial charge in [-0.1, -0.05) is 42.8 Å². The van der Waals surface area contributed by atoms with Gasteiger partial charge in [-0.05, 0) is 48.2 Å². The second-order valence-corrected chi connectivity index (χ2v) is 4.91. The molecule has 2 nitrogen and oxygen atoms in total. The van der Waals surface area contributed by atoms with Crippen LogP contribution in [0.2, 0.25) is 0 Å². The van der Waals surface area contributed by atoms with E-state index in [-0.39, 0.29) is 18.4 Å². The van der Waals surface area contributed by atoms with Gasteiger partial charge in [0.05, 0.1) is 0 Å². The van der Waals surface area contributed by atoms with Crippen molar-refractivity contribution in [1.82, 2.24) is 0 Å². The van der Waals surface area contributed by atoms with Crippen LogP contribution in [0, 0.1) is 6.92 Å². The van der Waals surface area contributed by atoms with Crippen molar-refractivity contribution in [1.29, 1.82) is 0 Å². The fourth-order valence-electron chi connectivity index (χ4n) is 2.46. The third-order valence-electron chi connectivity index (χ3n) is 3.54. The van der Waals surface area contributed by atoms with Gasteiger partial charge in [-0.15, -0.1) is 12.4 Å². The lowest BCUT2D eigenvalue weighted by Crippen LogP contribution is -2.11. The van der Waals surface area contributed by atoms with Crippen LogP contribution < -0.4 is 11.5 Å². The minimum Gasteiger partial charge on any atom is -0.330 e. The van der Waals surface area contributed by atoms with E-state index in [0.29, 0.717) is 0 Å². The number of unbranched alkanes of at least 4 members (excludes halogenated alkanes) is 1. The van der Waals surface area contributed by atoms with E-state index >= 15 is 0 Å². The lowest BCUT2D eigenvalue weighted by atomic mass is 9.94. The van der Waals surface area contributed by atoms with Crippen LogP contribution in [-0.2, 0) is 0 Å². The van der Waals surface area contributed by atoms with Crippen molar-refractivity contribution in [3.63, 3.8) is 0 Å². The highest BCUT2D eigenvalue weighted by Gasteiger charge is 2.10. The third-order valence-corrected chi connectivity index (χ3v) is 3.54. The van der Waals surface area contributed by atoms with Crippen LogP contribution in [0.5, 0.6) is 0 Å². The maximum Gasteiger partial charge on any atom is 0.0301 e. The lowest BCUT2D eigenvalue weighted by molar-refractivity contribution is 0.594. The van der Waals surface area contributed by atoms with Gasteiger partial charge in [-0.3, -0.25) is 0 Å². The molecule has 0 saturated heterocycles. The minimum absolute atomic E-state index is 0. The maximum atomic E-state index is 6.31. The molecule has 0 saturated carbocycles. The third kappa shape index (κ3) is 3.69. The van der Waals surface area contributed by atoms with E-state index in [1.165, 1.54) is 21.9 Å². The molecule has 2 aromatic carbocycles. The van der Waals surface area contributed by atoms with Gasteiger partial charge in [0.15, 0.2) is 0 Å². The average Bonchev–Trinajstić information content (AvgIpc) is 2.39. The number of hydrogen-bond donors (Lipinski definition) is 2. The lowest BCUT2D eigenvalue weighted by Gasteiger charge is -2.15. The van der Waals surface area contributed by atoms with E-state index in [2.05, 4.69) is 43.3 Å². The largest absolute Gasteiger partial charge is 0.330 e. The van der Waals surface area contributed by atoms with Gasteiger partial charge in [-0.25, -0.2) is 0 Å². The van der Waals surface area contributed by atoms with Gasteiger partial charge in [0, 0.05) is 6.04 Å². The topological polar surface area (TPSA) is 52.0 Å².